The van der Waals surface area contributed by atoms with Gasteiger partial charge in [-0.05, 0) is 48.9 Å². The monoisotopic (exact) mass is 376 g/mol. The van der Waals surface area contributed by atoms with Gasteiger partial charge in [0.25, 0.3) is 0 Å². The minimum absolute atomic E-state index is 0.0945. The molecule has 0 radical (unpaired) electrons. The lowest BCUT2D eigenvalue weighted by atomic mass is 10.0. The quantitative estimate of drug-likeness (QED) is 0.868. The molecule has 1 unspecified atom stereocenters. The van der Waals surface area contributed by atoms with E-state index in [1.54, 1.807) is 17.0 Å². The van der Waals surface area contributed by atoms with Gasteiger partial charge in [0.1, 0.15) is 23.4 Å². The van der Waals surface area contributed by atoms with Crippen LogP contribution in [0, 0.1) is 11.6 Å². The van der Waals surface area contributed by atoms with Crippen molar-refractivity contribution in [1.82, 2.24) is 4.90 Å². The number of rotatable bonds is 5. The largest absolute Gasteiger partial charge is 0.497 e. The van der Waals surface area contributed by atoms with E-state index >= 15 is 0 Å². The molecule has 5 nitrogen and oxygen atoms in total. The highest BCUT2D eigenvalue weighted by molar-refractivity contribution is 5.76. The number of carboxylic acids is 1. The van der Waals surface area contributed by atoms with Crippen LogP contribution in [0.2, 0.25) is 0 Å². The number of hydrogen-bond donors (Lipinski definition) is 1. The summed E-state index contributed by atoms with van der Waals surface area (Å²) in [5.41, 5.74) is 0.981. The molecule has 27 heavy (non-hydrogen) atoms. The zero-order valence-corrected chi connectivity index (χ0v) is 15.1. The number of nitrogens with zero attached hydrogens (tertiary/aromatic N) is 2. The summed E-state index contributed by atoms with van der Waals surface area (Å²) in [5, 5.41) is 9.77. The van der Waals surface area contributed by atoms with E-state index in [1.807, 2.05) is 0 Å². The molecular formula is C20H22F2N2O3. The minimum Gasteiger partial charge on any atom is -0.497 e. The maximum Gasteiger partial charge on any atom is 0.325 e. The summed E-state index contributed by atoms with van der Waals surface area (Å²) in [6.07, 6.45) is 0.715. The van der Waals surface area contributed by atoms with Gasteiger partial charge in [-0.25, -0.2) is 8.78 Å². The molecule has 0 saturated carbocycles. The van der Waals surface area contributed by atoms with Crippen LogP contribution in [-0.4, -0.2) is 49.3 Å². The lowest BCUT2D eigenvalue weighted by Gasteiger charge is -2.28. The molecule has 0 amide bonds. The van der Waals surface area contributed by atoms with E-state index in [0.717, 1.165) is 12.2 Å². The van der Waals surface area contributed by atoms with Crippen LogP contribution >= 0.6 is 0 Å². The van der Waals surface area contributed by atoms with Gasteiger partial charge in [0.05, 0.1) is 7.11 Å². The van der Waals surface area contributed by atoms with Gasteiger partial charge in [-0.15, -0.1) is 0 Å². The summed E-state index contributed by atoms with van der Waals surface area (Å²) in [5.74, 6) is -1.55. The standard InChI is InChI=1S/C20H22F2N2O3/c1-27-16-7-8-18(22)17(13-16)19(20(25)26)24-10-2-9-23(11-12-24)15-5-3-14(21)4-6-15/h3-8,13,19H,2,9-12H2,1H3,(H,25,26). The van der Waals surface area contributed by atoms with Crippen LogP contribution in [0.5, 0.6) is 5.75 Å². The first-order chi connectivity index (χ1) is 13.0. The number of ether oxygens (including phenoxy) is 1. The molecule has 2 aromatic rings. The van der Waals surface area contributed by atoms with E-state index < -0.39 is 17.8 Å². The first-order valence-electron chi connectivity index (χ1n) is 8.80. The highest BCUT2D eigenvalue weighted by Crippen LogP contribution is 2.29. The molecular weight excluding hydrogens is 354 g/mol. The third kappa shape index (κ3) is 4.36. The second-order valence-electron chi connectivity index (χ2n) is 6.48. The van der Waals surface area contributed by atoms with Crippen LogP contribution in [0.4, 0.5) is 14.5 Å². The van der Waals surface area contributed by atoms with Crippen molar-refractivity contribution in [3.05, 3.63) is 59.7 Å². The highest BCUT2D eigenvalue weighted by atomic mass is 19.1. The molecule has 1 fully saturated rings. The number of carbonyl (C=O) groups is 1. The third-order valence-electron chi connectivity index (χ3n) is 4.82. The van der Waals surface area contributed by atoms with E-state index in [4.69, 9.17) is 4.74 Å². The number of benzene rings is 2. The van der Waals surface area contributed by atoms with Gasteiger partial charge in [0.15, 0.2) is 0 Å². The fourth-order valence-electron chi connectivity index (χ4n) is 3.45. The van der Waals surface area contributed by atoms with Gasteiger partial charge < -0.3 is 14.7 Å². The minimum atomic E-state index is -1.10. The first-order valence-corrected chi connectivity index (χ1v) is 8.80. The summed E-state index contributed by atoms with van der Waals surface area (Å²) >= 11 is 0. The lowest BCUT2D eigenvalue weighted by molar-refractivity contribution is -0.143. The molecule has 144 valence electrons. The summed E-state index contributed by atoms with van der Waals surface area (Å²) in [4.78, 5) is 15.8. The van der Waals surface area contributed by atoms with E-state index in [0.29, 0.717) is 31.8 Å². The maximum absolute atomic E-state index is 14.4. The van der Waals surface area contributed by atoms with Crippen LogP contribution < -0.4 is 9.64 Å². The average Bonchev–Trinajstić information content (AvgIpc) is 2.90. The van der Waals surface area contributed by atoms with Gasteiger partial charge in [-0.3, -0.25) is 9.69 Å². The van der Waals surface area contributed by atoms with Gasteiger partial charge in [-0.2, -0.15) is 0 Å². The Morgan fingerprint density at radius 2 is 1.81 bits per heavy atom. The lowest BCUT2D eigenvalue weighted by Crippen LogP contribution is -2.37. The Bertz CT molecular complexity index is 798. The van der Waals surface area contributed by atoms with Crippen molar-refractivity contribution in [2.24, 2.45) is 0 Å². The Labute approximate surface area is 156 Å². The van der Waals surface area contributed by atoms with Crippen molar-refractivity contribution in [2.75, 3.05) is 38.2 Å². The molecule has 1 atom stereocenters. The van der Waals surface area contributed by atoms with Gasteiger partial charge in [0.2, 0.25) is 0 Å². The van der Waals surface area contributed by atoms with E-state index in [1.165, 1.54) is 37.4 Å². The first kappa shape index (κ1) is 19.1. The van der Waals surface area contributed by atoms with Crippen LogP contribution in [0.1, 0.15) is 18.0 Å². The topological polar surface area (TPSA) is 53.0 Å². The van der Waals surface area contributed by atoms with Crippen molar-refractivity contribution in [3.8, 4) is 5.75 Å². The Hall–Kier alpha value is -2.67. The molecule has 1 N–H and O–H groups in total. The Balaban J connectivity index is 1.81. The summed E-state index contributed by atoms with van der Waals surface area (Å²) < 4.78 is 32.6. The van der Waals surface area contributed by atoms with E-state index in [-0.39, 0.29) is 11.4 Å². The molecule has 1 aliphatic heterocycles. The second-order valence-corrected chi connectivity index (χ2v) is 6.48. The molecule has 1 saturated heterocycles. The van der Waals surface area contributed by atoms with Crippen molar-refractivity contribution in [1.29, 1.82) is 0 Å². The fraction of sp³-hybridized carbons (Fsp3) is 0.350. The molecule has 0 aliphatic carbocycles. The normalized spacial score (nSPS) is 16.6. The molecule has 0 spiro atoms. The number of anilines is 1. The van der Waals surface area contributed by atoms with Crippen LogP contribution in [-0.2, 0) is 4.79 Å². The van der Waals surface area contributed by atoms with Crippen molar-refractivity contribution in [2.45, 2.75) is 12.5 Å². The second kappa shape index (κ2) is 8.35. The van der Waals surface area contributed by atoms with Gasteiger partial charge in [0, 0.05) is 37.4 Å². The molecule has 0 aromatic heterocycles. The smallest absolute Gasteiger partial charge is 0.325 e. The molecule has 1 aliphatic rings. The van der Waals surface area contributed by atoms with Crippen LogP contribution in [0.3, 0.4) is 0 Å². The Morgan fingerprint density at radius 3 is 2.48 bits per heavy atom. The van der Waals surface area contributed by atoms with E-state index in [9.17, 15) is 18.7 Å². The summed E-state index contributed by atoms with van der Waals surface area (Å²) in [7, 11) is 1.46. The Morgan fingerprint density at radius 1 is 1.07 bits per heavy atom. The molecule has 7 heteroatoms. The maximum atomic E-state index is 14.4. The SMILES string of the molecule is COc1ccc(F)c(C(C(=O)O)N2CCCN(c3ccc(F)cc3)CC2)c1. The number of hydrogen-bond acceptors (Lipinski definition) is 4. The zero-order chi connectivity index (χ0) is 19.4. The molecule has 3 rings (SSSR count). The third-order valence-corrected chi connectivity index (χ3v) is 4.82. The Kier molecular flexibility index (Phi) is 5.91. The summed E-state index contributed by atoms with van der Waals surface area (Å²) in [6.45, 7) is 2.26. The average molecular weight is 376 g/mol. The highest BCUT2D eigenvalue weighted by Gasteiger charge is 2.31. The van der Waals surface area contributed by atoms with Crippen LogP contribution in [0.15, 0.2) is 42.5 Å². The van der Waals surface area contributed by atoms with E-state index in [2.05, 4.69) is 4.90 Å². The van der Waals surface area contributed by atoms with Crippen LogP contribution in [0.25, 0.3) is 0 Å². The van der Waals surface area contributed by atoms with Crippen molar-refractivity contribution < 1.29 is 23.4 Å². The molecule has 0 bridgehead atoms. The zero-order valence-electron chi connectivity index (χ0n) is 15.1. The number of aliphatic carboxylic acids is 1. The van der Waals surface area contributed by atoms with Crippen molar-refractivity contribution >= 4 is 11.7 Å². The number of carboxylic acid groups (broad SMARTS) is 1. The van der Waals surface area contributed by atoms with Gasteiger partial charge >= 0.3 is 5.97 Å². The number of halogens is 2. The predicted octanol–water partition coefficient (Wildman–Crippen LogP) is 3.31. The number of methoxy groups -OCH3 is 1. The molecule has 2 aromatic carbocycles. The predicted molar refractivity (Wildman–Crippen MR) is 98.1 cm³/mol. The molecule has 1 heterocycles. The van der Waals surface area contributed by atoms with Gasteiger partial charge in [-0.1, -0.05) is 0 Å². The summed E-state index contributed by atoms with van der Waals surface area (Å²) in [6, 6.07) is 9.28. The van der Waals surface area contributed by atoms with Crippen molar-refractivity contribution in [3.63, 3.8) is 0 Å². The fourth-order valence-corrected chi connectivity index (χ4v) is 3.45.